The van der Waals surface area contributed by atoms with Gasteiger partial charge in [-0.05, 0) is 23.3 Å². The average molecular weight is 456 g/mol. The van der Waals surface area contributed by atoms with Crippen molar-refractivity contribution in [3.63, 3.8) is 0 Å². The molecule has 0 aliphatic carbocycles. The van der Waals surface area contributed by atoms with Crippen LogP contribution in [0.4, 0.5) is 0 Å². The molecule has 172 valence electrons. The topological polar surface area (TPSA) is 82.8 Å². The normalized spacial score (nSPS) is 10.7. The molecule has 0 aliphatic rings. The van der Waals surface area contributed by atoms with E-state index in [0.29, 0.717) is 12.8 Å². The van der Waals surface area contributed by atoms with E-state index in [1.54, 1.807) is 24.3 Å². The summed E-state index contributed by atoms with van der Waals surface area (Å²) in [6, 6.07) is 25.8. The molecule has 0 aliphatic heterocycles. The molecule has 0 unspecified atom stereocenters. The Bertz CT molecular complexity index is 1330. The maximum absolute atomic E-state index is 13.1. The minimum atomic E-state index is -0.786. The van der Waals surface area contributed by atoms with Gasteiger partial charge < -0.3 is 13.9 Å². The minimum absolute atomic E-state index is 0.0619. The molecule has 6 heteroatoms. The van der Waals surface area contributed by atoms with E-state index in [4.69, 9.17) is 13.9 Å². The van der Waals surface area contributed by atoms with Gasteiger partial charge in [0.15, 0.2) is 5.43 Å². The molecule has 0 bridgehead atoms. The molecule has 34 heavy (non-hydrogen) atoms. The van der Waals surface area contributed by atoms with Crippen molar-refractivity contribution in [3.05, 3.63) is 118 Å². The molecule has 0 amide bonds. The first-order chi connectivity index (χ1) is 16.6. The third-order valence-electron chi connectivity index (χ3n) is 5.36. The summed E-state index contributed by atoms with van der Waals surface area (Å²) in [4.78, 5) is 38.4. The third-order valence-corrected chi connectivity index (χ3v) is 5.36. The Morgan fingerprint density at radius 2 is 1.26 bits per heavy atom. The Labute approximate surface area is 196 Å². The molecular weight excluding hydrogens is 432 g/mol. The molecule has 1 aromatic heterocycles. The quantitative estimate of drug-likeness (QED) is 0.345. The Morgan fingerprint density at radius 1 is 0.706 bits per heavy atom. The third kappa shape index (κ3) is 5.78. The van der Waals surface area contributed by atoms with Crippen LogP contribution in [0, 0.1) is 0 Å². The van der Waals surface area contributed by atoms with Crippen LogP contribution in [0.1, 0.15) is 27.2 Å². The van der Waals surface area contributed by atoms with Gasteiger partial charge in [-0.25, -0.2) is 4.79 Å². The number of benzene rings is 3. The van der Waals surface area contributed by atoms with Crippen LogP contribution in [0.15, 0.2) is 94.1 Å². The first kappa shape index (κ1) is 23.0. The zero-order valence-electron chi connectivity index (χ0n) is 18.6. The second kappa shape index (κ2) is 11.1. The van der Waals surface area contributed by atoms with E-state index >= 15 is 0 Å². The number of hydrogen-bond acceptors (Lipinski definition) is 6. The van der Waals surface area contributed by atoms with Crippen LogP contribution in [0.25, 0.3) is 11.0 Å². The van der Waals surface area contributed by atoms with Crippen molar-refractivity contribution < 1.29 is 23.5 Å². The first-order valence-corrected chi connectivity index (χ1v) is 11.1. The smallest absolute Gasteiger partial charge is 0.374 e. The largest absolute Gasteiger partial charge is 0.465 e. The number of para-hydroxylation sites is 1. The number of ether oxygens (including phenoxy) is 2. The van der Waals surface area contributed by atoms with Gasteiger partial charge in [-0.1, -0.05) is 72.8 Å². The molecule has 1 heterocycles. The van der Waals surface area contributed by atoms with Crippen LogP contribution in [-0.4, -0.2) is 25.2 Å². The fraction of sp³-hybridized carbons (Fsp3) is 0.179. The lowest BCUT2D eigenvalue weighted by Gasteiger charge is -2.10. The number of esters is 2. The van der Waals surface area contributed by atoms with Crippen LogP contribution < -0.4 is 5.43 Å². The highest BCUT2D eigenvalue weighted by Gasteiger charge is 2.24. The summed E-state index contributed by atoms with van der Waals surface area (Å²) in [5.74, 6) is -1.67. The number of fused-ring (bicyclic) bond motifs is 1. The SMILES string of the molecule is O=C(Cc1c(C(=O)OCCc2ccccc2)oc2ccccc2c1=O)OCCc1ccccc1. The van der Waals surface area contributed by atoms with Gasteiger partial charge in [0.2, 0.25) is 5.76 Å². The molecule has 0 saturated carbocycles. The second-order valence-electron chi connectivity index (χ2n) is 7.74. The summed E-state index contributed by atoms with van der Waals surface area (Å²) in [7, 11) is 0. The maximum atomic E-state index is 13.1. The molecule has 0 N–H and O–H groups in total. The Morgan fingerprint density at radius 3 is 1.91 bits per heavy atom. The zero-order chi connectivity index (χ0) is 23.8. The van der Waals surface area contributed by atoms with Crippen molar-refractivity contribution in [2.45, 2.75) is 19.3 Å². The van der Waals surface area contributed by atoms with E-state index < -0.39 is 17.4 Å². The summed E-state index contributed by atoms with van der Waals surface area (Å²) in [5, 5.41) is 0.287. The van der Waals surface area contributed by atoms with Crippen LogP contribution in [0.3, 0.4) is 0 Å². The standard InChI is InChI=1S/C28H24O6/c29-25(32-17-15-20-9-3-1-4-10-20)19-23-26(30)22-13-7-8-14-24(22)34-27(23)28(31)33-18-16-21-11-5-2-6-12-21/h1-14H,15-19H2. The van der Waals surface area contributed by atoms with Gasteiger partial charge in [0.1, 0.15) is 5.58 Å². The fourth-order valence-corrected chi connectivity index (χ4v) is 3.60. The van der Waals surface area contributed by atoms with Gasteiger partial charge in [-0.15, -0.1) is 0 Å². The van der Waals surface area contributed by atoms with Crippen molar-refractivity contribution in [2.75, 3.05) is 13.2 Å². The molecule has 0 fully saturated rings. The summed E-state index contributed by atoms with van der Waals surface area (Å²) in [6.45, 7) is 0.277. The molecule has 0 spiro atoms. The van der Waals surface area contributed by atoms with Crippen molar-refractivity contribution >= 4 is 22.9 Å². The van der Waals surface area contributed by atoms with Gasteiger partial charge in [-0.2, -0.15) is 0 Å². The first-order valence-electron chi connectivity index (χ1n) is 11.1. The monoisotopic (exact) mass is 456 g/mol. The van der Waals surface area contributed by atoms with Crippen molar-refractivity contribution in [3.8, 4) is 0 Å². The van der Waals surface area contributed by atoms with Gasteiger partial charge in [0.05, 0.1) is 30.6 Å². The molecule has 0 saturated heterocycles. The van der Waals surface area contributed by atoms with E-state index in [9.17, 15) is 14.4 Å². The van der Waals surface area contributed by atoms with Crippen LogP contribution >= 0.6 is 0 Å². The predicted molar refractivity (Wildman–Crippen MR) is 128 cm³/mol. The number of hydrogen-bond donors (Lipinski definition) is 0. The van der Waals surface area contributed by atoms with Crippen LogP contribution in [0.5, 0.6) is 0 Å². The summed E-state index contributed by atoms with van der Waals surface area (Å²) in [6.07, 6.45) is 0.680. The van der Waals surface area contributed by atoms with Crippen molar-refractivity contribution in [1.82, 2.24) is 0 Å². The lowest BCUT2D eigenvalue weighted by molar-refractivity contribution is -0.142. The molecule has 0 radical (unpaired) electrons. The maximum Gasteiger partial charge on any atom is 0.374 e. The molecule has 6 nitrogen and oxygen atoms in total. The minimum Gasteiger partial charge on any atom is -0.465 e. The molecule has 4 rings (SSSR count). The molecular formula is C28H24O6. The zero-order valence-corrected chi connectivity index (χ0v) is 18.6. The Kier molecular flexibility index (Phi) is 7.50. The Balaban J connectivity index is 1.49. The predicted octanol–water partition coefficient (Wildman–Crippen LogP) is 4.52. The Hall–Kier alpha value is -4.19. The summed E-state index contributed by atoms with van der Waals surface area (Å²) >= 11 is 0. The van der Waals surface area contributed by atoms with Crippen molar-refractivity contribution in [1.29, 1.82) is 0 Å². The second-order valence-corrected chi connectivity index (χ2v) is 7.74. The van der Waals surface area contributed by atoms with Gasteiger partial charge in [0, 0.05) is 12.8 Å². The van der Waals surface area contributed by atoms with Gasteiger partial charge in [-0.3, -0.25) is 9.59 Å². The summed E-state index contributed by atoms with van der Waals surface area (Å²) < 4.78 is 16.4. The van der Waals surface area contributed by atoms with Gasteiger partial charge in [0.25, 0.3) is 0 Å². The van der Waals surface area contributed by atoms with Crippen molar-refractivity contribution in [2.24, 2.45) is 0 Å². The van der Waals surface area contributed by atoms with E-state index in [1.807, 2.05) is 60.7 Å². The average Bonchev–Trinajstić information content (AvgIpc) is 2.87. The number of carbonyl (C=O) groups is 2. The molecule has 0 atom stereocenters. The van der Waals surface area contributed by atoms with E-state index in [2.05, 4.69) is 0 Å². The van der Waals surface area contributed by atoms with Crippen LogP contribution in [0.2, 0.25) is 0 Å². The van der Waals surface area contributed by atoms with E-state index in [0.717, 1.165) is 11.1 Å². The number of rotatable bonds is 9. The van der Waals surface area contributed by atoms with Crippen LogP contribution in [-0.2, 0) is 33.5 Å². The molecule has 3 aromatic carbocycles. The highest BCUT2D eigenvalue weighted by Crippen LogP contribution is 2.18. The number of carbonyl (C=O) groups excluding carboxylic acids is 2. The lowest BCUT2D eigenvalue weighted by Crippen LogP contribution is -2.22. The highest BCUT2D eigenvalue weighted by atomic mass is 16.5. The van der Waals surface area contributed by atoms with Gasteiger partial charge >= 0.3 is 11.9 Å². The van der Waals surface area contributed by atoms with E-state index in [-0.39, 0.29) is 41.9 Å². The summed E-state index contributed by atoms with van der Waals surface area (Å²) in [5.41, 5.74) is 1.79. The van der Waals surface area contributed by atoms with E-state index in [1.165, 1.54) is 0 Å². The highest BCUT2D eigenvalue weighted by molar-refractivity contribution is 5.92. The fourth-order valence-electron chi connectivity index (χ4n) is 3.60. The molecule has 4 aromatic rings. The lowest BCUT2D eigenvalue weighted by atomic mass is 10.1.